The maximum atomic E-state index is 8.90. The van der Waals surface area contributed by atoms with Gasteiger partial charge in [0.2, 0.25) is 0 Å². The molecule has 0 amide bonds. The van der Waals surface area contributed by atoms with Gasteiger partial charge >= 0.3 is 0 Å². The molecule has 0 atom stereocenters. The lowest BCUT2D eigenvalue weighted by molar-refractivity contribution is 0.733. The van der Waals surface area contributed by atoms with Gasteiger partial charge in [-0.25, -0.2) is 0 Å². The summed E-state index contributed by atoms with van der Waals surface area (Å²) in [6, 6.07) is 2.24. The summed E-state index contributed by atoms with van der Waals surface area (Å²) < 4.78 is 0. The second-order valence-electron chi connectivity index (χ2n) is 4.26. The van der Waals surface area contributed by atoms with Crippen LogP contribution in [0.1, 0.15) is 32.1 Å². The zero-order valence-corrected chi connectivity index (χ0v) is 8.58. The van der Waals surface area contributed by atoms with E-state index in [1.54, 1.807) is 0 Å². The van der Waals surface area contributed by atoms with E-state index in [9.17, 15) is 0 Å². The minimum atomic E-state index is 0.796. The predicted octanol–water partition coefficient (Wildman–Crippen LogP) is 3.05. The maximum Gasteiger partial charge on any atom is 0.0950 e. The van der Waals surface area contributed by atoms with Gasteiger partial charge in [-0.05, 0) is 49.0 Å². The molecule has 0 bridgehead atoms. The highest BCUT2D eigenvalue weighted by atomic mass is 14.8. The van der Waals surface area contributed by atoms with E-state index in [0.717, 1.165) is 30.5 Å². The van der Waals surface area contributed by atoms with Crippen molar-refractivity contribution in [3.8, 4) is 6.07 Å². The smallest absolute Gasteiger partial charge is 0.0950 e. The fourth-order valence-corrected chi connectivity index (χ4v) is 2.55. The Hall–Kier alpha value is -1.62. The van der Waals surface area contributed by atoms with Gasteiger partial charge in [-0.2, -0.15) is 5.26 Å². The molecule has 0 spiro atoms. The largest absolute Gasteiger partial charge is 0.253 e. The van der Waals surface area contributed by atoms with Crippen LogP contribution >= 0.6 is 0 Å². The summed E-state index contributed by atoms with van der Waals surface area (Å²) in [5.74, 6) is 0. The van der Waals surface area contributed by atoms with Crippen molar-refractivity contribution in [2.45, 2.75) is 32.1 Å². The van der Waals surface area contributed by atoms with E-state index >= 15 is 0 Å². The van der Waals surface area contributed by atoms with Crippen LogP contribution in [0.25, 0.3) is 0 Å². The lowest BCUT2D eigenvalue weighted by Crippen LogP contribution is -2.07. The zero-order chi connectivity index (χ0) is 10.3. The summed E-state index contributed by atoms with van der Waals surface area (Å²) in [7, 11) is 0. The van der Waals surface area contributed by atoms with Crippen molar-refractivity contribution < 1.29 is 0 Å². The first-order valence-electron chi connectivity index (χ1n) is 5.50. The Morgan fingerprint density at radius 2 is 2.00 bits per heavy atom. The number of hydrogen-bond acceptors (Lipinski definition) is 2. The molecular weight excluding hydrogens is 184 g/mol. The van der Waals surface area contributed by atoms with E-state index < -0.39 is 0 Å². The Labute approximate surface area is 89.3 Å². The lowest BCUT2D eigenvalue weighted by Gasteiger charge is -2.15. The molecule has 2 heteroatoms. The molecule has 2 aliphatic carbocycles. The molecule has 0 unspecified atom stereocenters. The lowest BCUT2D eigenvalue weighted by atomic mass is 9.87. The molecule has 3 aliphatic rings. The van der Waals surface area contributed by atoms with E-state index in [2.05, 4.69) is 11.1 Å². The third-order valence-electron chi connectivity index (χ3n) is 3.32. The molecule has 74 valence electrons. The number of aliphatic imine (C=N–C) groups is 1. The molecule has 0 saturated heterocycles. The molecule has 1 saturated carbocycles. The minimum Gasteiger partial charge on any atom is -0.253 e. The third kappa shape index (κ3) is 1.27. The highest BCUT2D eigenvalue weighted by Crippen LogP contribution is 2.38. The first-order chi connectivity index (χ1) is 7.38. The van der Waals surface area contributed by atoms with Crippen LogP contribution in [0.15, 0.2) is 39.6 Å². The van der Waals surface area contributed by atoms with Crippen LogP contribution in [0.2, 0.25) is 0 Å². The van der Waals surface area contributed by atoms with Gasteiger partial charge in [0.05, 0.1) is 11.8 Å². The van der Waals surface area contributed by atoms with Gasteiger partial charge in [0.25, 0.3) is 0 Å². The van der Waals surface area contributed by atoms with Crippen LogP contribution in [-0.4, -0.2) is 5.71 Å². The molecule has 1 fully saturated rings. The molecule has 1 heterocycles. The van der Waals surface area contributed by atoms with Gasteiger partial charge in [-0.3, -0.25) is 4.99 Å². The van der Waals surface area contributed by atoms with Crippen LogP contribution in [-0.2, 0) is 0 Å². The average molecular weight is 196 g/mol. The average Bonchev–Trinajstić information content (AvgIpc) is 2.66. The number of allylic oxidation sites excluding steroid dienone is 5. The zero-order valence-electron chi connectivity index (χ0n) is 8.58. The summed E-state index contributed by atoms with van der Waals surface area (Å²) >= 11 is 0. The first kappa shape index (κ1) is 8.67. The molecule has 0 aromatic heterocycles. The highest BCUT2D eigenvalue weighted by molar-refractivity contribution is 6.05. The van der Waals surface area contributed by atoms with E-state index in [0.29, 0.717) is 0 Å². The van der Waals surface area contributed by atoms with E-state index in [4.69, 9.17) is 5.26 Å². The summed E-state index contributed by atoms with van der Waals surface area (Å²) in [6.07, 6.45) is 9.52. The SMILES string of the molecule is N#CC1=CC=C2N=C3CCCCC3=C2C1. The topological polar surface area (TPSA) is 36.1 Å². The molecule has 1 aliphatic heterocycles. The maximum absolute atomic E-state index is 8.90. The monoisotopic (exact) mass is 196 g/mol. The van der Waals surface area contributed by atoms with Crippen molar-refractivity contribution in [1.82, 2.24) is 0 Å². The second kappa shape index (κ2) is 3.20. The van der Waals surface area contributed by atoms with E-state index in [-0.39, 0.29) is 0 Å². The Kier molecular flexibility index (Phi) is 1.85. The quantitative estimate of drug-likeness (QED) is 0.586. The van der Waals surface area contributed by atoms with Gasteiger partial charge in [0, 0.05) is 17.7 Å². The summed E-state index contributed by atoms with van der Waals surface area (Å²) in [5.41, 5.74) is 6.02. The number of hydrogen-bond donors (Lipinski definition) is 0. The highest BCUT2D eigenvalue weighted by Gasteiger charge is 2.27. The van der Waals surface area contributed by atoms with Crippen LogP contribution in [0.4, 0.5) is 0 Å². The van der Waals surface area contributed by atoms with E-state index in [1.165, 1.54) is 29.7 Å². The molecule has 0 radical (unpaired) electrons. The molecule has 3 rings (SSSR count). The van der Waals surface area contributed by atoms with Crippen LogP contribution < -0.4 is 0 Å². The molecule has 0 aromatic carbocycles. The summed E-state index contributed by atoms with van der Waals surface area (Å²) in [5, 5.41) is 8.90. The Balaban J connectivity index is 2.05. The van der Waals surface area contributed by atoms with Crippen molar-refractivity contribution in [2.24, 2.45) is 4.99 Å². The normalized spacial score (nSPS) is 23.5. The van der Waals surface area contributed by atoms with Crippen molar-refractivity contribution in [3.05, 3.63) is 34.6 Å². The van der Waals surface area contributed by atoms with Crippen molar-refractivity contribution in [1.29, 1.82) is 5.26 Å². The molecule has 15 heavy (non-hydrogen) atoms. The standard InChI is InChI=1S/C13H12N2/c14-8-9-5-6-13-11(7-9)10-3-1-2-4-12(10)15-13/h5-6H,1-4,7H2. The van der Waals surface area contributed by atoms with Gasteiger partial charge in [-0.1, -0.05) is 0 Å². The molecule has 0 aromatic rings. The number of rotatable bonds is 0. The van der Waals surface area contributed by atoms with E-state index in [1.807, 2.05) is 12.2 Å². The van der Waals surface area contributed by atoms with Gasteiger partial charge in [-0.15, -0.1) is 0 Å². The van der Waals surface area contributed by atoms with Crippen molar-refractivity contribution in [3.63, 3.8) is 0 Å². The second-order valence-corrected chi connectivity index (χ2v) is 4.26. The van der Waals surface area contributed by atoms with Crippen LogP contribution in [0.5, 0.6) is 0 Å². The fraction of sp³-hybridized carbons (Fsp3) is 0.385. The van der Waals surface area contributed by atoms with Gasteiger partial charge < -0.3 is 0 Å². The van der Waals surface area contributed by atoms with Gasteiger partial charge in [0.15, 0.2) is 0 Å². The van der Waals surface area contributed by atoms with Crippen LogP contribution in [0, 0.1) is 11.3 Å². The molecule has 2 nitrogen and oxygen atoms in total. The fourth-order valence-electron chi connectivity index (χ4n) is 2.55. The first-order valence-corrected chi connectivity index (χ1v) is 5.50. The number of nitrogens with zero attached hydrogens (tertiary/aromatic N) is 2. The molecular formula is C13H12N2. The number of nitriles is 1. The van der Waals surface area contributed by atoms with Crippen LogP contribution in [0.3, 0.4) is 0 Å². The third-order valence-corrected chi connectivity index (χ3v) is 3.32. The Morgan fingerprint density at radius 1 is 1.13 bits per heavy atom. The minimum absolute atomic E-state index is 0.796. The Bertz CT molecular complexity index is 481. The summed E-state index contributed by atoms with van der Waals surface area (Å²) in [4.78, 5) is 4.65. The predicted molar refractivity (Wildman–Crippen MR) is 59.3 cm³/mol. The van der Waals surface area contributed by atoms with Crippen molar-refractivity contribution in [2.75, 3.05) is 0 Å². The van der Waals surface area contributed by atoms with Gasteiger partial charge in [0.1, 0.15) is 0 Å². The van der Waals surface area contributed by atoms with Crippen molar-refractivity contribution >= 4 is 5.71 Å². The number of fused-ring (bicyclic) bond motifs is 2. The summed E-state index contributed by atoms with van der Waals surface area (Å²) in [6.45, 7) is 0. The Morgan fingerprint density at radius 3 is 2.87 bits per heavy atom. The molecule has 0 N–H and O–H groups in total.